The van der Waals surface area contributed by atoms with Crippen molar-refractivity contribution in [3.63, 3.8) is 0 Å². The molecule has 26 heavy (non-hydrogen) atoms. The molecule has 0 bridgehead atoms. The predicted octanol–water partition coefficient (Wildman–Crippen LogP) is 2.93. The van der Waals surface area contributed by atoms with Gasteiger partial charge in [0, 0.05) is 12.1 Å². The van der Waals surface area contributed by atoms with E-state index in [1.54, 1.807) is 31.4 Å². The summed E-state index contributed by atoms with van der Waals surface area (Å²) in [5.74, 6) is 0.391. The Bertz CT molecular complexity index is 877. The minimum Gasteiger partial charge on any atom is -0.497 e. The van der Waals surface area contributed by atoms with Gasteiger partial charge in [0.2, 0.25) is 15.9 Å². The maximum atomic E-state index is 12.5. The number of hydrogen-bond acceptors (Lipinski definition) is 4. The first kappa shape index (κ1) is 19.9. The fourth-order valence-corrected chi connectivity index (χ4v) is 3.32. The molecule has 0 aliphatic carbocycles. The van der Waals surface area contributed by atoms with Crippen molar-refractivity contribution >= 4 is 21.6 Å². The van der Waals surface area contributed by atoms with Gasteiger partial charge in [-0.3, -0.25) is 4.79 Å². The third-order valence-corrected chi connectivity index (χ3v) is 4.64. The SMILES string of the molecule is COc1ccc([C@@H](CC(=O)Nc2cc(C)ccc2C)NS(C)(=O)=O)cc1. The standard InChI is InChI=1S/C19H24N2O4S/c1-13-5-6-14(2)17(11-13)20-19(22)12-18(21-26(4,23)24)15-7-9-16(25-3)10-8-15/h5-11,18,21H,12H2,1-4H3,(H,20,22)/t18-/m1/s1. The quantitative estimate of drug-likeness (QED) is 0.778. The molecule has 2 N–H and O–H groups in total. The average Bonchev–Trinajstić information content (AvgIpc) is 2.56. The number of carbonyl (C=O) groups is 1. The number of anilines is 1. The molecule has 0 aliphatic heterocycles. The summed E-state index contributed by atoms with van der Waals surface area (Å²) in [6.07, 6.45) is 1.05. The number of benzene rings is 2. The molecule has 0 heterocycles. The van der Waals surface area contributed by atoms with Crippen LogP contribution in [0.2, 0.25) is 0 Å². The Balaban J connectivity index is 2.19. The molecule has 0 spiro atoms. The molecule has 0 unspecified atom stereocenters. The van der Waals surface area contributed by atoms with E-state index < -0.39 is 16.1 Å². The van der Waals surface area contributed by atoms with Crippen LogP contribution in [0.3, 0.4) is 0 Å². The lowest BCUT2D eigenvalue weighted by molar-refractivity contribution is -0.116. The maximum absolute atomic E-state index is 12.5. The summed E-state index contributed by atoms with van der Waals surface area (Å²) >= 11 is 0. The van der Waals surface area contributed by atoms with Crippen LogP contribution >= 0.6 is 0 Å². The Kier molecular flexibility index (Phi) is 6.39. The minimum absolute atomic E-state index is 0.0211. The van der Waals surface area contributed by atoms with E-state index >= 15 is 0 Å². The van der Waals surface area contributed by atoms with Crippen LogP contribution < -0.4 is 14.8 Å². The van der Waals surface area contributed by atoms with Gasteiger partial charge in [-0.05, 0) is 48.7 Å². The highest BCUT2D eigenvalue weighted by Crippen LogP contribution is 2.23. The molecule has 140 valence electrons. The van der Waals surface area contributed by atoms with Gasteiger partial charge >= 0.3 is 0 Å². The van der Waals surface area contributed by atoms with Crippen LogP contribution in [0.5, 0.6) is 5.75 Å². The van der Waals surface area contributed by atoms with E-state index in [1.165, 1.54) is 0 Å². The Morgan fingerprint density at radius 3 is 2.35 bits per heavy atom. The molecule has 6 nitrogen and oxygen atoms in total. The monoisotopic (exact) mass is 376 g/mol. The first-order valence-corrected chi connectivity index (χ1v) is 10.1. The van der Waals surface area contributed by atoms with Gasteiger partial charge < -0.3 is 10.1 Å². The number of nitrogens with one attached hydrogen (secondary N) is 2. The highest BCUT2D eigenvalue weighted by molar-refractivity contribution is 7.88. The van der Waals surface area contributed by atoms with Gasteiger partial charge in [0.05, 0.1) is 19.4 Å². The molecule has 7 heteroatoms. The zero-order chi connectivity index (χ0) is 19.3. The molecule has 0 saturated carbocycles. The molecule has 2 rings (SSSR count). The van der Waals surface area contributed by atoms with Crippen LogP contribution in [0, 0.1) is 13.8 Å². The van der Waals surface area contributed by atoms with E-state index in [0.29, 0.717) is 11.3 Å². The molecule has 0 radical (unpaired) electrons. The lowest BCUT2D eigenvalue weighted by Crippen LogP contribution is -2.30. The van der Waals surface area contributed by atoms with E-state index in [0.717, 1.165) is 23.1 Å². The van der Waals surface area contributed by atoms with Crippen LogP contribution in [0.1, 0.15) is 29.2 Å². The number of amides is 1. The number of sulfonamides is 1. The van der Waals surface area contributed by atoms with Crippen molar-refractivity contribution < 1.29 is 17.9 Å². The maximum Gasteiger partial charge on any atom is 0.226 e. The fraction of sp³-hybridized carbons (Fsp3) is 0.316. The third-order valence-electron chi connectivity index (χ3n) is 3.93. The Morgan fingerprint density at radius 2 is 1.77 bits per heavy atom. The molecule has 2 aromatic rings. The zero-order valence-electron chi connectivity index (χ0n) is 15.4. The summed E-state index contributed by atoms with van der Waals surface area (Å²) < 4.78 is 31.1. The van der Waals surface area contributed by atoms with Crippen molar-refractivity contribution in [2.75, 3.05) is 18.7 Å². The second-order valence-corrected chi connectivity index (χ2v) is 8.07. The minimum atomic E-state index is -3.48. The highest BCUT2D eigenvalue weighted by atomic mass is 32.2. The van der Waals surface area contributed by atoms with E-state index in [-0.39, 0.29) is 12.3 Å². The van der Waals surface area contributed by atoms with Crippen LogP contribution in [-0.2, 0) is 14.8 Å². The average molecular weight is 376 g/mol. The molecular weight excluding hydrogens is 352 g/mol. The van der Waals surface area contributed by atoms with Crippen molar-refractivity contribution in [2.45, 2.75) is 26.3 Å². The van der Waals surface area contributed by atoms with E-state index in [1.807, 2.05) is 32.0 Å². The van der Waals surface area contributed by atoms with Gasteiger partial charge in [0.15, 0.2) is 0 Å². The Labute approximate surface area is 154 Å². The van der Waals surface area contributed by atoms with Crippen LogP contribution in [0.25, 0.3) is 0 Å². The summed E-state index contributed by atoms with van der Waals surface area (Å²) in [4.78, 5) is 12.5. The first-order valence-electron chi connectivity index (χ1n) is 8.16. The Morgan fingerprint density at radius 1 is 1.12 bits per heavy atom. The number of ether oxygens (including phenoxy) is 1. The van der Waals surface area contributed by atoms with Crippen LogP contribution in [0.4, 0.5) is 5.69 Å². The third kappa shape index (κ3) is 5.86. The molecular formula is C19H24N2O4S. The predicted molar refractivity (Wildman–Crippen MR) is 103 cm³/mol. The second-order valence-electron chi connectivity index (χ2n) is 6.29. The largest absolute Gasteiger partial charge is 0.497 e. The second kappa shape index (κ2) is 8.33. The van der Waals surface area contributed by atoms with E-state index in [4.69, 9.17) is 4.74 Å². The smallest absolute Gasteiger partial charge is 0.226 e. The Hall–Kier alpha value is -2.38. The molecule has 0 aliphatic rings. The normalized spacial score (nSPS) is 12.5. The van der Waals surface area contributed by atoms with Gasteiger partial charge in [-0.2, -0.15) is 0 Å². The molecule has 1 amide bonds. The van der Waals surface area contributed by atoms with Crippen molar-refractivity contribution in [1.82, 2.24) is 4.72 Å². The van der Waals surface area contributed by atoms with Gasteiger partial charge in [0.1, 0.15) is 5.75 Å². The number of aryl methyl sites for hydroxylation is 2. The van der Waals surface area contributed by atoms with E-state index in [2.05, 4.69) is 10.0 Å². The number of hydrogen-bond donors (Lipinski definition) is 2. The van der Waals surface area contributed by atoms with Gasteiger partial charge in [0.25, 0.3) is 0 Å². The van der Waals surface area contributed by atoms with Gasteiger partial charge in [-0.1, -0.05) is 24.3 Å². The van der Waals surface area contributed by atoms with Crippen LogP contribution in [0.15, 0.2) is 42.5 Å². The first-order chi connectivity index (χ1) is 12.2. The van der Waals surface area contributed by atoms with Gasteiger partial charge in [-0.15, -0.1) is 0 Å². The summed E-state index contributed by atoms with van der Waals surface area (Å²) in [5.41, 5.74) is 3.39. The molecule has 0 aromatic heterocycles. The lowest BCUT2D eigenvalue weighted by atomic mass is 10.0. The molecule has 2 aromatic carbocycles. The zero-order valence-corrected chi connectivity index (χ0v) is 16.2. The van der Waals surface area contributed by atoms with Crippen molar-refractivity contribution in [2.24, 2.45) is 0 Å². The topological polar surface area (TPSA) is 84.5 Å². The molecule has 1 atom stereocenters. The fourth-order valence-electron chi connectivity index (χ4n) is 2.58. The number of methoxy groups -OCH3 is 1. The summed E-state index contributed by atoms with van der Waals surface area (Å²) in [6.45, 7) is 3.85. The highest BCUT2D eigenvalue weighted by Gasteiger charge is 2.20. The van der Waals surface area contributed by atoms with E-state index in [9.17, 15) is 13.2 Å². The summed E-state index contributed by atoms with van der Waals surface area (Å²) in [6, 6.07) is 12.1. The summed E-state index contributed by atoms with van der Waals surface area (Å²) in [5, 5.41) is 2.86. The van der Waals surface area contributed by atoms with Gasteiger partial charge in [-0.25, -0.2) is 13.1 Å². The van der Waals surface area contributed by atoms with Crippen molar-refractivity contribution in [3.05, 3.63) is 59.2 Å². The molecule has 0 saturated heterocycles. The lowest BCUT2D eigenvalue weighted by Gasteiger charge is -2.18. The van der Waals surface area contributed by atoms with Crippen molar-refractivity contribution in [3.8, 4) is 5.75 Å². The summed E-state index contributed by atoms with van der Waals surface area (Å²) in [7, 11) is -1.93. The number of rotatable bonds is 7. The van der Waals surface area contributed by atoms with Crippen LogP contribution in [-0.4, -0.2) is 27.7 Å². The van der Waals surface area contributed by atoms with Crippen molar-refractivity contribution in [1.29, 1.82) is 0 Å². The number of carbonyl (C=O) groups excluding carboxylic acids is 1. The molecule has 0 fully saturated rings.